The zero-order valence-corrected chi connectivity index (χ0v) is 13.8. The molecule has 6 heteroatoms. The van der Waals surface area contributed by atoms with Crippen LogP contribution in [0.1, 0.15) is 51.9 Å². The Bertz CT molecular complexity index is 468. The normalized spacial score (nSPS) is 22.0. The maximum absolute atomic E-state index is 12.3. The number of aromatic nitrogens is 2. The van der Waals surface area contributed by atoms with Gasteiger partial charge in [0.15, 0.2) is 10.3 Å². The molecule has 1 aromatic rings. The van der Waals surface area contributed by atoms with E-state index in [1.54, 1.807) is 0 Å². The quantitative estimate of drug-likeness (QED) is 0.795. The standard InChI is InChI=1S/C15H21Cl2N3O/c1-2-3-4-10-5-7-11(8-6-10)15(21)20-12-13(16)18-9-19-14(12)17/h9-11H,2-8H2,1H3,(H,20,21). The van der Waals surface area contributed by atoms with Gasteiger partial charge in [0.25, 0.3) is 0 Å². The van der Waals surface area contributed by atoms with Crippen molar-refractivity contribution in [2.75, 3.05) is 5.32 Å². The fourth-order valence-electron chi connectivity index (χ4n) is 2.88. The molecule has 0 atom stereocenters. The van der Waals surface area contributed by atoms with Crippen LogP contribution in [0.5, 0.6) is 0 Å². The lowest BCUT2D eigenvalue weighted by Crippen LogP contribution is -2.27. The zero-order valence-electron chi connectivity index (χ0n) is 12.2. The average molecular weight is 330 g/mol. The van der Waals surface area contributed by atoms with E-state index in [0.717, 1.165) is 31.6 Å². The van der Waals surface area contributed by atoms with Crippen LogP contribution in [0.2, 0.25) is 10.3 Å². The van der Waals surface area contributed by atoms with E-state index in [0.29, 0.717) is 5.69 Å². The molecule has 1 aliphatic rings. The number of carbonyl (C=O) groups is 1. The van der Waals surface area contributed by atoms with Gasteiger partial charge in [-0.2, -0.15) is 0 Å². The molecule has 116 valence electrons. The Kier molecular flexibility index (Phi) is 6.24. The first-order valence-electron chi connectivity index (χ1n) is 7.58. The molecule has 0 bridgehead atoms. The van der Waals surface area contributed by atoms with Crippen LogP contribution in [0, 0.1) is 11.8 Å². The second kappa shape index (κ2) is 7.95. The third-order valence-corrected chi connectivity index (χ3v) is 4.76. The lowest BCUT2D eigenvalue weighted by molar-refractivity contribution is -0.121. The van der Waals surface area contributed by atoms with Gasteiger partial charge in [-0.3, -0.25) is 4.79 Å². The highest BCUT2D eigenvalue weighted by Crippen LogP contribution is 2.33. The van der Waals surface area contributed by atoms with Crippen LogP contribution in [0.25, 0.3) is 0 Å². The smallest absolute Gasteiger partial charge is 0.227 e. The predicted molar refractivity (Wildman–Crippen MR) is 85.7 cm³/mol. The molecule has 0 radical (unpaired) electrons. The summed E-state index contributed by atoms with van der Waals surface area (Å²) in [4.78, 5) is 20.0. The van der Waals surface area contributed by atoms with Crippen molar-refractivity contribution in [1.29, 1.82) is 0 Å². The highest BCUT2D eigenvalue weighted by molar-refractivity contribution is 6.38. The number of hydrogen-bond donors (Lipinski definition) is 1. The Morgan fingerprint density at radius 2 is 1.86 bits per heavy atom. The number of amides is 1. The first-order valence-corrected chi connectivity index (χ1v) is 8.34. The van der Waals surface area contributed by atoms with Gasteiger partial charge in [-0.1, -0.05) is 49.4 Å². The van der Waals surface area contributed by atoms with E-state index >= 15 is 0 Å². The minimum Gasteiger partial charge on any atom is -0.321 e. The van der Waals surface area contributed by atoms with Gasteiger partial charge in [0.05, 0.1) is 0 Å². The maximum Gasteiger partial charge on any atom is 0.227 e. The SMILES string of the molecule is CCCCC1CCC(C(=O)Nc2c(Cl)ncnc2Cl)CC1. The first-order chi connectivity index (χ1) is 10.1. The van der Waals surface area contributed by atoms with Crippen LogP contribution in [0.3, 0.4) is 0 Å². The molecule has 0 unspecified atom stereocenters. The fraction of sp³-hybridized carbons (Fsp3) is 0.667. The highest BCUT2D eigenvalue weighted by atomic mass is 35.5. The summed E-state index contributed by atoms with van der Waals surface area (Å²) in [5.41, 5.74) is 0.318. The molecule has 0 aliphatic heterocycles. The molecule has 0 aromatic carbocycles. The fourth-order valence-corrected chi connectivity index (χ4v) is 3.29. The van der Waals surface area contributed by atoms with Crippen molar-refractivity contribution in [3.8, 4) is 0 Å². The van der Waals surface area contributed by atoms with Gasteiger partial charge in [0, 0.05) is 5.92 Å². The number of hydrogen-bond acceptors (Lipinski definition) is 3. The van der Waals surface area contributed by atoms with Gasteiger partial charge in [0.2, 0.25) is 5.91 Å². The predicted octanol–water partition coefficient (Wildman–Crippen LogP) is 4.72. The van der Waals surface area contributed by atoms with E-state index in [9.17, 15) is 4.79 Å². The van der Waals surface area contributed by atoms with Crippen LogP contribution >= 0.6 is 23.2 Å². The second-order valence-corrected chi connectivity index (χ2v) is 6.40. The number of unbranched alkanes of at least 4 members (excludes halogenated alkanes) is 1. The van der Waals surface area contributed by atoms with Crippen molar-refractivity contribution in [1.82, 2.24) is 9.97 Å². The molecule has 0 spiro atoms. The summed E-state index contributed by atoms with van der Waals surface area (Å²) in [6.45, 7) is 2.22. The third kappa shape index (κ3) is 4.55. The van der Waals surface area contributed by atoms with Crippen LogP contribution in [0.4, 0.5) is 5.69 Å². The maximum atomic E-state index is 12.3. The van der Waals surface area contributed by atoms with Gasteiger partial charge in [-0.25, -0.2) is 9.97 Å². The number of rotatable bonds is 5. The van der Waals surface area contributed by atoms with Crippen molar-refractivity contribution in [2.45, 2.75) is 51.9 Å². The van der Waals surface area contributed by atoms with Crippen molar-refractivity contribution in [3.05, 3.63) is 16.6 Å². The molecule has 4 nitrogen and oxygen atoms in total. The first kappa shape index (κ1) is 16.5. The number of anilines is 1. The van der Waals surface area contributed by atoms with Gasteiger partial charge >= 0.3 is 0 Å². The van der Waals surface area contributed by atoms with Crippen LogP contribution in [-0.4, -0.2) is 15.9 Å². The molecule has 2 rings (SSSR count). The summed E-state index contributed by atoms with van der Waals surface area (Å²) in [6.07, 6.45) is 9.22. The second-order valence-electron chi connectivity index (χ2n) is 5.68. The summed E-state index contributed by atoms with van der Waals surface area (Å²) in [7, 11) is 0. The van der Waals surface area contributed by atoms with Crippen LogP contribution in [0.15, 0.2) is 6.33 Å². The van der Waals surface area contributed by atoms with Crippen LogP contribution in [-0.2, 0) is 4.79 Å². The highest BCUT2D eigenvalue weighted by Gasteiger charge is 2.27. The average Bonchev–Trinajstić information content (AvgIpc) is 2.49. The molecule has 21 heavy (non-hydrogen) atoms. The van der Waals surface area contributed by atoms with Crippen LogP contribution < -0.4 is 5.32 Å². The summed E-state index contributed by atoms with van der Waals surface area (Å²) >= 11 is 11.9. The summed E-state index contributed by atoms with van der Waals surface area (Å²) in [6, 6.07) is 0. The largest absolute Gasteiger partial charge is 0.321 e. The topological polar surface area (TPSA) is 54.9 Å². The minimum absolute atomic E-state index is 0.0254. The zero-order chi connectivity index (χ0) is 15.2. The molecule has 1 aliphatic carbocycles. The Morgan fingerprint density at radius 3 is 2.43 bits per heavy atom. The number of nitrogens with one attached hydrogen (secondary N) is 1. The lowest BCUT2D eigenvalue weighted by Gasteiger charge is -2.27. The van der Waals surface area contributed by atoms with E-state index in [1.807, 2.05) is 0 Å². The van der Waals surface area contributed by atoms with E-state index in [-0.39, 0.29) is 22.1 Å². The molecular weight excluding hydrogens is 309 g/mol. The Hall–Kier alpha value is -0.870. The molecule has 1 heterocycles. The Morgan fingerprint density at radius 1 is 1.24 bits per heavy atom. The number of carbonyl (C=O) groups excluding carboxylic acids is 1. The van der Waals surface area contributed by atoms with Crippen molar-refractivity contribution in [3.63, 3.8) is 0 Å². The Labute approximate surface area is 135 Å². The Balaban J connectivity index is 1.88. The summed E-state index contributed by atoms with van der Waals surface area (Å²) in [5.74, 6) is 0.791. The van der Waals surface area contributed by atoms with Crippen molar-refractivity contribution in [2.24, 2.45) is 11.8 Å². The number of halogens is 2. The molecule has 1 fully saturated rings. The molecule has 1 saturated carbocycles. The number of nitrogens with zero attached hydrogens (tertiary/aromatic N) is 2. The van der Waals surface area contributed by atoms with E-state index < -0.39 is 0 Å². The monoisotopic (exact) mass is 329 g/mol. The van der Waals surface area contributed by atoms with Gasteiger partial charge in [0.1, 0.15) is 12.0 Å². The van der Waals surface area contributed by atoms with Crippen molar-refractivity contribution < 1.29 is 4.79 Å². The van der Waals surface area contributed by atoms with Crippen molar-refractivity contribution >= 4 is 34.8 Å². The molecule has 0 saturated heterocycles. The third-order valence-electron chi connectivity index (χ3n) is 4.19. The van der Waals surface area contributed by atoms with E-state index in [4.69, 9.17) is 23.2 Å². The van der Waals surface area contributed by atoms with Gasteiger partial charge in [-0.15, -0.1) is 0 Å². The lowest BCUT2D eigenvalue weighted by atomic mass is 9.79. The molecular formula is C15H21Cl2N3O. The summed E-state index contributed by atoms with van der Waals surface area (Å²) < 4.78 is 0. The van der Waals surface area contributed by atoms with Gasteiger partial charge in [-0.05, 0) is 31.6 Å². The van der Waals surface area contributed by atoms with E-state index in [1.165, 1.54) is 25.6 Å². The molecule has 1 aromatic heterocycles. The van der Waals surface area contributed by atoms with E-state index in [2.05, 4.69) is 22.2 Å². The minimum atomic E-state index is -0.0254. The van der Waals surface area contributed by atoms with Gasteiger partial charge < -0.3 is 5.32 Å². The molecule has 1 N–H and O–H groups in total. The molecule has 1 amide bonds. The summed E-state index contributed by atoms with van der Waals surface area (Å²) in [5, 5.41) is 3.14.